The summed E-state index contributed by atoms with van der Waals surface area (Å²) in [5.41, 5.74) is 5.37. The minimum absolute atomic E-state index is 0.139. The summed E-state index contributed by atoms with van der Waals surface area (Å²) in [6.45, 7) is 1.38. The zero-order valence-corrected chi connectivity index (χ0v) is 9.69. The lowest BCUT2D eigenvalue weighted by atomic mass is 10.2. The van der Waals surface area contributed by atoms with Gasteiger partial charge in [0.05, 0.1) is 6.54 Å². The monoisotopic (exact) mass is 226 g/mol. The molecular weight excluding hydrogens is 208 g/mol. The molecule has 0 aliphatic rings. The number of carbonyl (C=O) groups is 1. The van der Waals surface area contributed by atoms with E-state index in [1.807, 2.05) is 17.5 Å². The van der Waals surface area contributed by atoms with Crippen molar-refractivity contribution in [2.75, 3.05) is 6.54 Å². The van der Waals surface area contributed by atoms with Crippen molar-refractivity contribution in [1.29, 1.82) is 0 Å². The number of hydrogen-bond acceptors (Lipinski definition) is 3. The van der Waals surface area contributed by atoms with E-state index in [0.717, 1.165) is 25.8 Å². The Labute approximate surface area is 94.7 Å². The van der Waals surface area contributed by atoms with Crippen LogP contribution in [0.5, 0.6) is 0 Å². The second kappa shape index (κ2) is 7.43. The van der Waals surface area contributed by atoms with Crippen LogP contribution in [0, 0.1) is 0 Å². The molecule has 0 radical (unpaired) electrons. The molecule has 0 aromatic carbocycles. The standard InChI is InChI=1S/C11H18N2OS/c12-7-3-1-2-6-11(14)13-9-10-5-4-8-15-10/h4-5,8H,1-3,6-7,9,12H2,(H,13,14). The SMILES string of the molecule is NCCCCCC(=O)NCc1cccs1. The van der Waals surface area contributed by atoms with E-state index in [4.69, 9.17) is 5.73 Å². The van der Waals surface area contributed by atoms with E-state index in [-0.39, 0.29) is 5.91 Å². The molecule has 1 aromatic rings. The zero-order chi connectivity index (χ0) is 10.9. The average molecular weight is 226 g/mol. The zero-order valence-electron chi connectivity index (χ0n) is 8.87. The minimum atomic E-state index is 0.139. The fourth-order valence-electron chi connectivity index (χ4n) is 1.29. The molecule has 0 unspecified atom stereocenters. The topological polar surface area (TPSA) is 55.1 Å². The highest BCUT2D eigenvalue weighted by Crippen LogP contribution is 2.07. The second-order valence-corrected chi connectivity index (χ2v) is 4.49. The number of unbranched alkanes of at least 4 members (excludes halogenated alkanes) is 2. The average Bonchev–Trinajstić information content (AvgIpc) is 2.74. The predicted molar refractivity (Wildman–Crippen MR) is 63.7 cm³/mol. The molecule has 1 aromatic heterocycles. The largest absolute Gasteiger partial charge is 0.351 e. The summed E-state index contributed by atoms with van der Waals surface area (Å²) < 4.78 is 0. The number of nitrogens with one attached hydrogen (secondary N) is 1. The van der Waals surface area contributed by atoms with Crippen LogP contribution in [0.4, 0.5) is 0 Å². The summed E-state index contributed by atoms with van der Waals surface area (Å²) in [4.78, 5) is 12.6. The van der Waals surface area contributed by atoms with E-state index in [2.05, 4.69) is 5.32 Å². The first-order valence-electron chi connectivity index (χ1n) is 5.32. The fourth-order valence-corrected chi connectivity index (χ4v) is 1.94. The van der Waals surface area contributed by atoms with E-state index < -0.39 is 0 Å². The number of amides is 1. The molecule has 0 aliphatic heterocycles. The number of carbonyl (C=O) groups excluding carboxylic acids is 1. The van der Waals surface area contributed by atoms with Crippen LogP contribution in [-0.4, -0.2) is 12.5 Å². The van der Waals surface area contributed by atoms with Gasteiger partial charge in [-0.1, -0.05) is 12.5 Å². The third-order valence-electron chi connectivity index (χ3n) is 2.15. The van der Waals surface area contributed by atoms with Crippen LogP contribution in [0.2, 0.25) is 0 Å². The van der Waals surface area contributed by atoms with E-state index in [1.54, 1.807) is 11.3 Å². The van der Waals surface area contributed by atoms with Crippen LogP contribution in [0.15, 0.2) is 17.5 Å². The molecule has 3 N–H and O–H groups in total. The minimum Gasteiger partial charge on any atom is -0.351 e. The molecule has 4 heteroatoms. The van der Waals surface area contributed by atoms with Gasteiger partial charge in [-0.15, -0.1) is 11.3 Å². The van der Waals surface area contributed by atoms with Gasteiger partial charge in [-0.05, 0) is 30.8 Å². The maximum absolute atomic E-state index is 11.4. The summed E-state index contributed by atoms with van der Waals surface area (Å²) >= 11 is 1.67. The highest BCUT2D eigenvalue weighted by atomic mass is 32.1. The highest BCUT2D eigenvalue weighted by molar-refractivity contribution is 7.09. The Morgan fingerprint density at radius 3 is 2.93 bits per heavy atom. The molecule has 0 bridgehead atoms. The van der Waals surface area contributed by atoms with Crippen molar-refractivity contribution in [3.8, 4) is 0 Å². The van der Waals surface area contributed by atoms with Gasteiger partial charge >= 0.3 is 0 Å². The van der Waals surface area contributed by atoms with Gasteiger partial charge in [0.15, 0.2) is 0 Å². The molecule has 0 spiro atoms. The Balaban J connectivity index is 2.04. The number of nitrogens with two attached hydrogens (primary N) is 1. The molecule has 15 heavy (non-hydrogen) atoms. The maximum Gasteiger partial charge on any atom is 0.220 e. The van der Waals surface area contributed by atoms with Gasteiger partial charge in [-0.25, -0.2) is 0 Å². The Morgan fingerprint density at radius 2 is 2.27 bits per heavy atom. The van der Waals surface area contributed by atoms with Gasteiger partial charge in [0.1, 0.15) is 0 Å². The summed E-state index contributed by atoms with van der Waals surface area (Å²) in [6.07, 6.45) is 3.61. The van der Waals surface area contributed by atoms with Crippen molar-refractivity contribution in [2.24, 2.45) is 5.73 Å². The molecule has 0 fully saturated rings. The van der Waals surface area contributed by atoms with Crippen LogP contribution < -0.4 is 11.1 Å². The lowest BCUT2D eigenvalue weighted by molar-refractivity contribution is -0.121. The summed E-state index contributed by atoms with van der Waals surface area (Å²) in [7, 11) is 0. The van der Waals surface area contributed by atoms with Gasteiger partial charge in [0.25, 0.3) is 0 Å². The molecule has 1 rings (SSSR count). The quantitative estimate of drug-likeness (QED) is 0.697. The molecule has 1 heterocycles. The van der Waals surface area contributed by atoms with Gasteiger partial charge < -0.3 is 11.1 Å². The number of hydrogen-bond donors (Lipinski definition) is 2. The lowest BCUT2D eigenvalue weighted by Crippen LogP contribution is -2.21. The Hall–Kier alpha value is -0.870. The van der Waals surface area contributed by atoms with Crippen LogP contribution in [0.25, 0.3) is 0 Å². The third kappa shape index (κ3) is 5.54. The molecule has 0 saturated heterocycles. The number of thiophene rings is 1. The normalized spacial score (nSPS) is 10.2. The molecule has 1 amide bonds. The third-order valence-corrected chi connectivity index (χ3v) is 3.02. The molecule has 84 valence electrons. The molecule has 0 atom stereocenters. The van der Waals surface area contributed by atoms with E-state index >= 15 is 0 Å². The van der Waals surface area contributed by atoms with Crippen LogP contribution in [-0.2, 0) is 11.3 Å². The molecule has 0 saturated carbocycles. The first-order valence-corrected chi connectivity index (χ1v) is 6.20. The Bertz CT molecular complexity index is 272. The van der Waals surface area contributed by atoms with Crippen molar-refractivity contribution in [3.05, 3.63) is 22.4 Å². The molecule has 0 aliphatic carbocycles. The predicted octanol–water partition coefficient (Wildman–Crippen LogP) is 1.88. The van der Waals surface area contributed by atoms with Crippen molar-refractivity contribution in [2.45, 2.75) is 32.2 Å². The lowest BCUT2D eigenvalue weighted by Gasteiger charge is -2.03. The van der Waals surface area contributed by atoms with Crippen LogP contribution in [0.1, 0.15) is 30.6 Å². The van der Waals surface area contributed by atoms with E-state index in [9.17, 15) is 4.79 Å². The number of rotatable bonds is 7. The fraction of sp³-hybridized carbons (Fsp3) is 0.545. The molecular formula is C11H18N2OS. The van der Waals surface area contributed by atoms with Gasteiger partial charge in [-0.3, -0.25) is 4.79 Å². The summed E-state index contributed by atoms with van der Waals surface area (Å²) in [5, 5.41) is 4.92. The maximum atomic E-state index is 11.4. The Kier molecular flexibility index (Phi) is 6.04. The van der Waals surface area contributed by atoms with E-state index in [0.29, 0.717) is 13.0 Å². The second-order valence-electron chi connectivity index (χ2n) is 3.46. The van der Waals surface area contributed by atoms with E-state index in [1.165, 1.54) is 4.88 Å². The summed E-state index contributed by atoms with van der Waals surface area (Å²) in [6, 6.07) is 4.02. The van der Waals surface area contributed by atoms with Crippen LogP contribution in [0.3, 0.4) is 0 Å². The highest BCUT2D eigenvalue weighted by Gasteiger charge is 2.01. The van der Waals surface area contributed by atoms with Gasteiger partial charge in [0, 0.05) is 11.3 Å². The molecule has 3 nitrogen and oxygen atoms in total. The van der Waals surface area contributed by atoms with Crippen molar-refractivity contribution < 1.29 is 4.79 Å². The summed E-state index contributed by atoms with van der Waals surface area (Å²) in [5.74, 6) is 0.139. The van der Waals surface area contributed by atoms with Gasteiger partial charge in [-0.2, -0.15) is 0 Å². The van der Waals surface area contributed by atoms with Crippen molar-refractivity contribution in [3.63, 3.8) is 0 Å². The van der Waals surface area contributed by atoms with Gasteiger partial charge in [0.2, 0.25) is 5.91 Å². The first-order chi connectivity index (χ1) is 7.33. The first kappa shape index (κ1) is 12.2. The smallest absolute Gasteiger partial charge is 0.220 e. The Morgan fingerprint density at radius 1 is 1.40 bits per heavy atom. The van der Waals surface area contributed by atoms with Crippen molar-refractivity contribution >= 4 is 17.2 Å². The van der Waals surface area contributed by atoms with Crippen LogP contribution >= 0.6 is 11.3 Å². The van der Waals surface area contributed by atoms with Crippen molar-refractivity contribution in [1.82, 2.24) is 5.32 Å².